The second kappa shape index (κ2) is 6.31. The van der Waals surface area contributed by atoms with E-state index in [9.17, 15) is 4.79 Å². The molecule has 0 fully saturated rings. The molecule has 2 nitrogen and oxygen atoms in total. The summed E-state index contributed by atoms with van der Waals surface area (Å²) in [6.45, 7) is 7.34. The fourth-order valence-corrected chi connectivity index (χ4v) is 1.85. The summed E-state index contributed by atoms with van der Waals surface area (Å²) in [5, 5.41) is 2.97. The molecule has 1 rings (SSSR count). The zero-order chi connectivity index (χ0) is 12.0. The normalized spacial score (nSPS) is 12.5. The van der Waals surface area contributed by atoms with Gasteiger partial charge >= 0.3 is 0 Å². The molecule has 1 N–H and O–H groups in total. The van der Waals surface area contributed by atoms with Gasteiger partial charge in [-0.3, -0.25) is 4.79 Å². The van der Waals surface area contributed by atoms with Crippen LogP contribution in [0.5, 0.6) is 0 Å². The number of amides is 1. The van der Waals surface area contributed by atoms with E-state index in [1.165, 1.54) is 0 Å². The molecule has 1 atom stereocenters. The van der Waals surface area contributed by atoms with Crippen molar-refractivity contribution in [3.63, 3.8) is 0 Å². The van der Waals surface area contributed by atoms with Crippen molar-refractivity contribution in [2.24, 2.45) is 11.8 Å². The van der Waals surface area contributed by atoms with Crippen LogP contribution in [0.1, 0.15) is 37.6 Å². The number of hydrogen-bond donors (Lipinski definition) is 1. The van der Waals surface area contributed by atoms with Crippen LogP contribution in [0.15, 0.2) is 30.3 Å². The average Bonchev–Trinajstić information content (AvgIpc) is 2.26. The van der Waals surface area contributed by atoms with Gasteiger partial charge in [0.05, 0.1) is 0 Å². The molecule has 0 saturated heterocycles. The quantitative estimate of drug-likeness (QED) is 0.810. The molecular weight excluding hydrogens is 198 g/mol. The van der Waals surface area contributed by atoms with Crippen molar-refractivity contribution in [2.75, 3.05) is 6.54 Å². The van der Waals surface area contributed by atoms with Crippen molar-refractivity contribution < 1.29 is 4.79 Å². The third kappa shape index (κ3) is 4.47. The van der Waals surface area contributed by atoms with Crippen molar-refractivity contribution in [3.05, 3.63) is 35.9 Å². The summed E-state index contributed by atoms with van der Waals surface area (Å²) in [5.74, 6) is 1.24. The van der Waals surface area contributed by atoms with Gasteiger partial charge in [0.1, 0.15) is 0 Å². The van der Waals surface area contributed by atoms with Crippen molar-refractivity contribution in [1.29, 1.82) is 0 Å². The largest absolute Gasteiger partial charge is 0.352 e. The van der Waals surface area contributed by atoms with Crippen molar-refractivity contribution >= 4 is 5.91 Å². The lowest BCUT2D eigenvalue weighted by molar-refractivity contribution is 0.0946. The fourth-order valence-electron chi connectivity index (χ4n) is 1.85. The Morgan fingerprint density at radius 2 is 1.81 bits per heavy atom. The molecule has 1 aromatic carbocycles. The van der Waals surface area contributed by atoms with Crippen LogP contribution >= 0.6 is 0 Å². The van der Waals surface area contributed by atoms with Gasteiger partial charge in [-0.25, -0.2) is 0 Å². The Bertz CT molecular complexity index is 319. The van der Waals surface area contributed by atoms with E-state index >= 15 is 0 Å². The molecule has 1 unspecified atom stereocenters. The highest BCUT2D eigenvalue weighted by Crippen LogP contribution is 2.09. The van der Waals surface area contributed by atoms with E-state index < -0.39 is 0 Å². The van der Waals surface area contributed by atoms with Crippen molar-refractivity contribution in [2.45, 2.75) is 27.2 Å². The summed E-state index contributed by atoms with van der Waals surface area (Å²) in [6, 6.07) is 9.35. The monoisotopic (exact) mass is 219 g/mol. The molecule has 0 heterocycles. The second-order valence-corrected chi connectivity index (χ2v) is 4.81. The van der Waals surface area contributed by atoms with E-state index in [1.54, 1.807) is 0 Å². The van der Waals surface area contributed by atoms with E-state index in [0.29, 0.717) is 11.8 Å². The Kier molecular flexibility index (Phi) is 5.03. The molecule has 0 aliphatic rings. The number of benzene rings is 1. The van der Waals surface area contributed by atoms with Gasteiger partial charge in [-0.1, -0.05) is 39.0 Å². The maximum absolute atomic E-state index is 11.7. The van der Waals surface area contributed by atoms with Crippen LogP contribution in [0.2, 0.25) is 0 Å². The van der Waals surface area contributed by atoms with Gasteiger partial charge in [-0.15, -0.1) is 0 Å². The number of carbonyl (C=O) groups is 1. The van der Waals surface area contributed by atoms with Crippen LogP contribution < -0.4 is 5.32 Å². The Labute approximate surface area is 98.1 Å². The summed E-state index contributed by atoms with van der Waals surface area (Å²) >= 11 is 0. The van der Waals surface area contributed by atoms with Crippen LogP contribution in [0.3, 0.4) is 0 Å². The van der Waals surface area contributed by atoms with E-state index in [1.807, 2.05) is 30.3 Å². The van der Waals surface area contributed by atoms with Gasteiger partial charge < -0.3 is 5.32 Å². The first-order valence-corrected chi connectivity index (χ1v) is 5.93. The predicted octanol–water partition coefficient (Wildman–Crippen LogP) is 3.10. The highest BCUT2D eigenvalue weighted by atomic mass is 16.1. The molecule has 0 radical (unpaired) electrons. The SMILES string of the molecule is CC(C)CC(C)CNC(=O)c1ccccc1. The molecule has 0 bridgehead atoms. The number of carbonyl (C=O) groups excluding carboxylic acids is 1. The highest BCUT2D eigenvalue weighted by Gasteiger charge is 2.08. The Morgan fingerprint density at radius 1 is 1.19 bits per heavy atom. The van der Waals surface area contributed by atoms with Gasteiger partial charge in [0.25, 0.3) is 5.91 Å². The summed E-state index contributed by atoms with van der Waals surface area (Å²) in [4.78, 5) is 11.7. The molecule has 1 amide bonds. The number of rotatable bonds is 5. The number of hydrogen-bond acceptors (Lipinski definition) is 1. The van der Waals surface area contributed by atoms with Crippen LogP contribution in [0.4, 0.5) is 0 Å². The molecule has 0 spiro atoms. The molecule has 0 aromatic heterocycles. The molecule has 0 aliphatic carbocycles. The zero-order valence-electron chi connectivity index (χ0n) is 10.4. The third-order valence-electron chi connectivity index (χ3n) is 2.52. The van der Waals surface area contributed by atoms with E-state index in [-0.39, 0.29) is 5.91 Å². The van der Waals surface area contributed by atoms with Crippen molar-refractivity contribution in [1.82, 2.24) is 5.32 Å². The maximum Gasteiger partial charge on any atom is 0.251 e. The minimum absolute atomic E-state index is 0.0243. The van der Waals surface area contributed by atoms with Crippen LogP contribution in [0, 0.1) is 11.8 Å². The van der Waals surface area contributed by atoms with Gasteiger partial charge in [-0.05, 0) is 30.4 Å². The smallest absolute Gasteiger partial charge is 0.251 e. The highest BCUT2D eigenvalue weighted by molar-refractivity contribution is 5.94. The van der Waals surface area contributed by atoms with E-state index in [2.05, 4.69) is 26.1 Å². The summed E-state index contributed by atoms with van der Waals surface area (Å²) in [7, 11) is 0. The molecule has 2 heteroatoms. The van der Waals surface area contributed by atoms with Gasteiger partial charge in [-0.2, -0.15) is 0 Å². The molecule has 88 valence electrons. The first-order valence-electron chi connectivity index (χ1n) is 5.93. The summed E-state index contributed by atoms with van der Waals surface area (Å²) in [5.41, 5.74) is 0.735. The third-order valence-corrected chi connectivity index (χ3v) is 2.52. The molecule has 1 aromatic rings. The lowest BCUT2D eigenvalue weighted by atomic mass is 9.99. The van der Waals surface area contributed by atoms with Gasteiger partial charge in [0.2, 0.25) is 0 Å². The number of nitrogens with one attached hydrogen (secondary N) is 1. The summed E-state index contributed by atoms with van der Waals surface area (Å²) in [6.07, 6.45) is 1.15. The Morgan fingerprint density at radius 3 is 2.38 bits per heavy atom. The zero-order valence-corrected chi connectivity index (χ0v) is 10.4. The van der Waals surface area contributed by atoms with E-state index in [4.69, 9.17) is 0 Å². The molecule has 0 aliphatic heterocycles. The second-order valence-electron chi connectivity index (χ2n) is 4.81. The minimum atomic E-state index is 0.0243. The minimum Gasteiger partial charge on any atom is -0.352 e. The fraction of sp³-hybridized carbons (Fsp3) is 0.500. The van der Waals surface area contributed by atoms with E-state index in [0.717, 1.165) is 18.5 Å². The average molecular weight is 219 g/mol. The predicted molar refractivity (Wildman–Crippen MR) is 67.4 cm³/mol. The Balaban J connectivity index is 2.36. The molecule has 0 saturated carbocycles. The Hall–Kier alpha value is -1.31. The van der Waals surface area contributed by atoms with Gasteiger partial charge in [0, 0.05) is 12.1 Å². The summed E-state index contributed by atoms with van der Waals surface area (Å²) < 4.78 is 0. The lowest BCUT2D eigenvalue weighted by Crippen LogP contribution is -2.28. The van der Waals surface area contributed by atoms with Crippen molar-refractivity contribution in [3.8, 4) is 0 Å². The maximum atomic E-state index is 11.7. The standard InChI is InChI=1S/C14H21NO/c1-11(2)9-12(3)10-15-14(16)13-7-5-4-6-8-13/h4-8,11-12H,9-10H2,1-3H3,(H,15,16). The van der Waals surface area contributed by atoms with Crippen LogP contribution in [-0.4, -0.2) is 12.5 Å². The molecular formula is C14H21NO. The lowest BCUT2D eigenvalue weighted by Gasteiger charge is -2.14. The molecule has 16 heavy (non-hydrogen) atoms. The van der Waals surface area contributed by atoms with Crippen LogP contribution in [-0.2, 0) is 0 Å². The van der Waals surface area contributed by atoms with Gasteiger partial charge in [0.15, 0.2) is 0 Å². The van der Waals surface area contributed by atoms with Crippen LogP contribution in [0.25, 0.3) is 0 Å². The first kappa shape index (κ1) is 12.8. The topological polar surface area (TPSA) is 29.1 Å². The first-order chi connectivity index (χ1) is 7.59.